The van der Waals surface area contributed by atoms with Crippen LogP contribution in [0.2, 0.25) is 0 Å². The summed E-state index contributed by atoms with van der Waals surface area (Å²) in [4.78, 5) is 12.5. The van der Waals surface area contributed by atoms with Gasteiger partial charge in [-0.3, -0.25) is 14.6 Å². The van der Waals surface area contributed by atoms with Crippen molar-refractivity contribution in [2.45, 2.75) is 59.9 Å². The molecule has 158 valence electrons. The van der Waals surface area contributed by atoms with Crippen LogP contribution >= 0.6 is 0 Å². The number of unbranched alkanes of at least 4 members (excludes halogenated alkanes) is 1. The molecule has 0 saturated carbocycles. The summed E-state index contributed by atoms with van der Waals surface area (Å²) in [7, 11) is 0. The summed E-state index contributed by atoms with van der Waals surface area (Å²) in [6.45, 7) is 8.70. The van der Waals surface area contributed by atoms with Crippen molar-refractivity contribution < 1.29 is 5.11 Å². The second kappa shape index (κ2) is 9.57. The van der Waals surface area contributed by atoms with E-state index in [0.717, 1.165) is 24.8 Å². The maximum absolute atomic E-state index is 12.5. The number of H-pyrrole nitrogens is 1. The van der Waals surface area contributed by atoms with E-state index in [1.807, 2.05) is 12.1 Å². The molecule has 0 fully saturated rings. The van der Waals surface area contributed by atoms with E-state index in [1.165, 1.54) is 16.7 Å². The molecular weight excluding hydrogens is 376 g/mol. The van der Waals surface area contributed by atoms with Crippen LogP contribution in [0.3, 0.4) is 0 Å². The summed E-state index contributed by atoms with van der Waals surface area (Å²) in [5.41, 5.74) is 5.71. The molecule has 0 spiro atoms. The third-order valence-electron chi connectivity index (χ3n) is 5.37. The van der Waals surface area contributed by atoms with Crippen LogP contribution in [0.25, 0.3) is 0 Å². The van der Waals surface area contributed by atoms with Crippen LogP contribution in [0.1, 0.15) is 47.7 Å². The number of aryl methyl sites for hydroxylation is 6. The Balaban J connectivity index is 1.79. The van der Waals surface area contributed by atoms with Gasteiger partial charge >= 0.3 is 0 Å². The lowest BCUT2D eigenvalue weighted by atomic mass is 9.98. The Morgan fingerprint density at radius 1 is 1.03 bits per heavy atom. The van der Waals surface area contributed by atoms with Gasteiger partial charge < -0.3 is 5.11 Å². The number of nitrogens with zero attached hydrogens (tertiary/aromatic N) is 3. The van der Waals surface area contributed by atoms with Gasteiger partial charge in [-0.2, -0.15) is 0 Å². The van der Waals surface area contributed by atoms with Gasteiger partial charge in [0.1, 0.15) is 11.4 Å². The first-order valence-corrected chi connectivity index (χ1v) is 10.5. The predicted octanol–water partition coefficient (Wildman–Crippen LogP) is 5.81. The molecule has 6 nitrogen and oxygen atoms in total. The number of phenolic OH excluding ortho intramolecular Hbond substituents is 1. The molecular formula is C24H30N4O2. The third kappa shape index (κ3) is 4.87. The molecule has 0 unspecified atom stereocenters. The topological polar surface area (TPSA) is 82.7 Å². The normalized spacial score (nSPS) is 11.5. The lowest BCUT2D eigenvalue weighted by Crippen LogP contribution is -2.16. The average molecular weight is 407 g/mol. The molecule has 0 bridgehead atoms. The minimum atomic E-state index is -0.185. The first-order valence-electron chi connectivity index (χ1n) is 10.5. The van der Waals surface area contributed by atoms with Crippen molar-refractivity contribution in [3.8, 4) is 5.75 Å². The molecule has 3 aromatic rings. The van der Waals surface area contributed by atoms with Gasteiger partial charge in [0.25, 0.3) is 5.56 Å². The van der Waals surface area contributed by atoms with Crippen molar-refractivity contribution in [1.29, 1.82) is 0 Å². The summed E-state index contributed by atoms with van der Waals surface area (Å²) in [6.07, 6.45) is 3.46. The fraction of sp³-hybridized carbons (Fsp3) is 0.375. The molecule has 0 aliphatic heterocycles. The molecule has 1 aromatic heterocycles. The molecule has 30 heavy (non-hydrogen) atoms. The fourth-order valence-electron chi connectivity index (χ4n) is 3.49. The van der Waals surface area contributed by atoms with Crippen molar-refractivity contribution in [3.05, 3.63) is 74.7 Å². The van der Waals surface area contributed by atoms with Crippen molar-refractivity contribution in [2.24, 2.45) is 10.2 Å². The van der Waals surface area contributed by atoms with Gasteiger partial charge in [0, 0.05) is 6.54 Å². The number of aromatic hydroxyl groups is 1. The molecule has 3 rings (SSSR count). The average Bonchev–Trinajstić information content (AvgIpc) is 3.00. The van der Waals surface area contributed by atoms with E-state index >= 15 is 0 Å². The fourth-order valence-corrected chi connectivity index (χ4v) is 3.49. The van der Waals surface area contributed by atoms with Crippen molar-refractivity contribution in [2.75, 3.05) is 0 Å². The van der Waals surface area contributed by atoms with Gasteiger partial charge in [-0.15, -0.1) is 10.2 Å². The second-order valence-electron chi connectivity index (χ2n) is 7.81. The highest BCUT2D eigenvalue weighted by Crippen LogP contribution is 2.32. The number of benzene rings is 2. The number of hydrogen-bond donors (Lipinski definition) is 2. The van der Waals surface area contributed by atoms with Crippen LogP contribution in [0, 0.1) is 20.8 Å². The van der Waals surface area contributed by atoms with Gasteiger partial charge in [-0.25, -0.2) is 0 Å². The minimum Gasteiger partial charge on any atom is -0.505 e. The summed E-state index contributed by atoms with van der Waals surface area (Å²) < 4.78 is 1.56. The number of aromatic nitrogens is 2. The molecule has 0 saturated heterocycles. The van der Waals surface area contributed by atoms with Gasteiger partial charge in [-0.05, 0) is 62.8 Å². The molecule has 1 heterocycles. The molecule has 0 radical (unpaired) electrons. The van der Waals surface area contributed by atoms with Crippen molar-refractivity contribution in [3.63, 3.8) is 0 Å². The van der Waals surface area contributed by atoms with E-state index in [-0.39, 0.29) is 17.0 Å². The summed E-state index contributed by atoms with van der Waals surface area (Å²) >= 11 is 0. The number of hydrogen-bond acceptors (Lipinski definition) is 4. The van der Waals surface area contributed by atoms with E-state index in [9.17, 15) is 9.90 Å². The van der Waals surface area contributed by atoms with Gasteiger partial charge in [0.15, 0.2) is 5.69 Å². The van der Waals surface area contributed by atoms with Gasteiger partial charge in [-0.1, -0.05) is 49.2 Å². The number of para-hydroxylation sites is 1. The smallest absolute Gasteiger partial charge is 0.294 e. The number of rotatable bonds is 8. The van der Waals surface area contributed by atoms with Crippen molar-refractivity contribution >= 4 is 11.4 Å². The Kier molecular flexibility index (Phi) is 6.87. The quantitative estimate of drug-likeness (QED) is 0.463. The molecule has 2 N–H and O–H groups in total. The Morgan fingerprint density at radius 3 is 2.57 bits per heavy atom. The van der Waals surface area contributed by atoms with Crippen LogP contribution in [0.4, 0.5) is 11.4 Å². The monoisotopic (exact) mass is 406 g/mol. The Bertz CT molecular complexity index is 1110. The van der Waals surface area contributed by atoms with E-state index < -0.39 is 0 Å². The van der Waals surface area contributed by atoms with Crippen LogP contribution in [0.5, 0.6) is 5.75 Å². The maximum atomic E-state index is 12.5. The lowest BCUT2D eigenvalue weighted by molar-refractivity contribution is 0.469. The molecule has 0 aliphatic carbocycles. The number of aromatic amines is 1. The van der Waals surface area contributed by atoms with E-state index in [2.05, 4.69) is 54.3 Å². The van der Waals surface area contributed by atoms with E-state index in [4.69, 9.17) is 0 Å². The third-order valence-corrected chi connectivity index (χ3v) is 5.37. The van der Waals surface area contributed by atoms with E-state index in [1.54, 1.807) is 17.7 Å². The van der Waals surface area contributed by atoms with Crippen LogP contribution < -0.4 is 5.56 Å². The zero-order valence-electron chi connectivity index (χ0n) is 18.2. The zero-order valence-corrected chi connectivity index (χ0v) is 18.2. The predicted molar refractivity (Wildman–Crippen MR) is 120 cm³/mol. The summed E-state index contributed by atoms with van der Waals surface area (Å²) in [5.74, 6) is 0.117. The largest absolute Gasteiger partial charge is 0.505 e. The minimum absolute atomic E-state index is 0.117. The maximum Gasteiger partial charge on any atom is 0.294 e. The van der Waals surface area contributed by atoms with Gasteiger partial charge in [0.05, 0.1) is 5.69 Å². The summed E-state index contributed by atoms with van der Waals surface area (Å²) in [6, 6.07) is 11.9. The first kappa shape index (κ1) is 21.6. The molecule has 0 aliphatic rings. The number of nitrogens with one attached hydrogen (secondary N) is 1. The van der Waals surface area contributed by atoms with Crippen LogP contribution in [-0.4, -0.2) is 14.9 Å². The lowest BCUT2D eigenvalue weighted by Gasteiger charge is -2.09. The molecule has 0 amide bonds. The van der Waals surface area contributed by atoms with Gasteiger partial charge in [0.2, 0.25) is 0 Å². The molecule has 2 aromatic carbocycles. The molecule has 6 heteroatoms. The Labute approximate surface area is 177 Å². The van der Waals surface area contributed by atoms with Crippen molar-refractivity contribution in [1.82, 2.24) is 9.78 Å². The van der Waals surface area contributed by atoms with Crippen LogP contribution in [-0.2, 0) is 19.4 Å². The Hall–Kier alpha value is -3.15. The highest BCUT2D eigenvalue weighted by molar-refractivity contribution is 5.55. The first-order chi connectivity index (χ1) is 14.4. The number of azo groups is 1. The second-order valence-corrected chi connectivity index (χ2v) is 7.81. The van der Waals surface area contributed by atoms with Crippen LogP contribution in [0.15, 0.2) is 51.4 Å². The highest BCUT2D eigenvalue weighted by Gasteiger charge is 2.12. The standard InChI is InChI=1S/C24H30N4O2/c1-5-6-14-28-24(30)22(18(4)27-28)26-25-21-9-7-8-19(23(21)29)12-13-20-15-16(2)10-11-17(20)3/h7-11,15,27,29H,5-6,12-14H2,1-4H3. The highest BCUT2D eigenvalue weighted by atomic mass is 16.3. The SMILES string of the molecule is CCCCn1[nH]c(C)c(N=Nc2cccc(CCc3cc(C)ccc3C)c2O)c1=O. The summed E-state index contributed by atoms with van der Waals surface area (Å²) in [5, 5.41) is 22.1. The zero-order chi connectivity index (χ0) is 21.7. The van der Waals surface area contributed by atoms with E-state index in [0.29, 0.717) is 24.3 Å². The Morgan fingerprint density at radius 2 is 1.80 bits per heavy atom. The number of phenols is 1. The molecule has 0 atom stereocenters.